The number of para-hydroxylation sites is 1. The van der Waals surface area contributed by atoms with Crippen LogP contribution in [-0.4, -0.2) is 17.7 Å². The molecule has 0 atom stereocenters. The van der Waals surface area contributed by atoms with Gasteiger partial charge in [0, 0.05) is 17.2 Å². The van der Waals surface area contributed by atoms with E-state index in [2.05, 4.69) is 0 Å². The zero-order valence-electron chi connectivity index (χ0n) is 17.3. The Bertz CT molecular complexity index is 1140. The summed E-state index contributed by atoms with van der Waals surface area (Å²) in [6.07, 6.45) is 1.81. The molecular weight excluding hydrogens is 375 g/mol. The van der Waals surface area contributed by atoms with Crippen LogP contribution < -0.4 is 4.90 Å². The molecule has 0 N–H and O–H groups in total. The molecule has 0 spiro atoms. The van der Waals surface area contributed by atoms with Crippen molar-refractivity contribution < 1.29 is 9.18 Å². The Labute approximate surface area is 176 Å². The van der Waals surface area contributed by atoms with Gasteiger partial charge in [-0.1, -0.05) is 48.0 Å². The molecule has 4 heteroatoms. The lowest BCUT2D eigenvalue weighted by molar-refractivity contribution is -0.115. The van der Waals surface area contributed by atoms with Gasteiger partial charge in [-0.2, -0.15) is 0 Å². The van der Waals surface area contributed by atoms with Gasteiger partial charge in [0.25, 0.3) is 5.91 Å². The van der Waals surface area contributed by atoms with E-state index in [1.165, 1.54) is 12.1 Å². The van der Waals surface area contributed by atoms with Gasteiger partial charge in [0.05, 0.1) is 11.4 Å². The molecule has 0 saturated heterocycles. The van der Waals surface area contributed by atoms with Gasteiger partial charge in [0.15, 0.2) is 0 Å². The standard InChI is InChI=1S/C26H23FN2O/c1-17(2)29-24-7-5-4-6-22(24)25(20-12-14-21(27)15-13-20)28-23(26(29)30)16-19-10-8-18(3)9-11-19/h4-17H,1-3H3/b23-16-. The minimum absolute atomic E-state index is 0.0529. The highest BCUT2D eigenvalue weighted by Crippen LogP contribution is 2.31. The number of benzodiazepines with no additional fused rings is 1. The van der Waals surface area contributed by atoms with Crippen LogP contribution in [0.15, 0.2) is 83.5 Å². The van der Waals surface area contributed by atoms with E-state index >= 15 is 0 Å². The lowest BCUT2D eigenvalue weighted by Gasteiger charge is -2.27. The highest BCUT2D eigenvalue weighted by Gasteiger charge is 2.30. The number of aliphatic imine (C=N–C) groups is 1. The summed E-state index contributed by atoms with van der Waals surface area (Å²) >= 11 is 0. The number of carbonyl (C=O) groups is 1. The van der Waals surface area contributed by atoms with E-state index in [-0.39, 0.29) is 17.8 Å². The van der Waals surface area contributed by atoms with Crippen molar-refractivity contribution in [1.29, 1.82) is 0 Å². The maximum atomic E-state index is 13.5. The monoisotopic (exact) mass is 398 g/mol. The molecule has 30 heavy (non-hydrogen) atoms. The Kier molecular flexibility index (Phi) is 5.32. The first kappa shape index (κ1) is 19.8. The third kappa shape index (κ3) is 3.81. The van der Waals surface area contributed by atoms with E-state index in [0.29, 0.717) is 11.4 Å². The number of anilines is 1. The van der Waals surface area contributed by atoms with E-state index in [1.807, 2.05) is 75.4 Å². The molecule has 0 unspecified atom stereocenters. The summed E-state index contributed by atoms with van der Waals surface area (Å²) in [4.78, 5) is 20.1. The minimum atomic E-state index is -0.309. The van der Waals surface area contributed by atoms with Crippen LogP contribution in [0.4, 0.5) is 10.1 Å². The first-order valence-corrected chi connectivity index (χ1v) is 10.00. The molecule has 3 aromatic rings. The average Bonchev–Trinajstić information content (AvgIpc) is 2.85. The summed E-state index contributed by atoms with van der Waals surface area (Å²) in [5.41, 5.74) is 5.46. The van der Waals surface area contributed by atoms with Crippen LogP contribution in [0.2, 0.25) is 0 Å². The van der Waals surface area contributed by atoms with Crippen molar-refractivity contribution in [3.05, 3.63) is 107 Å². The molecule has 0 saturated carbocycles. The predicted molar refractivity (Wildman–Crippen MR) is 120 cm³/mol. The summed E-state index contributed by atoms with van der Waals surface area (Å²) in [7, 11) is 0. The fourth-order valence-corrected chi connectivity index (χ4v) is 3.60. The third-order valence-electron chi connectivity index (χ3n) is 5.10. The van der Waals surface area contributed by atoms with E-state index in [4.69, 9.17) is 4.99 Å². The van der Waals surface area contributed by atoms with E-state index in [1.54, 1.807) is 17.0 Å². The van der Waals surface area contributed by atoms with Gasteiger partial charge >= 0.3 is 0 Å². The van der Waals surface area contributed by atoms with Gasteiger partial charge in [-0.15, -0.1) is 0 Å². The van der Waals surface area contributed by atoms with Crippen LogP contribution in [0, 0.1) is 12.7 Å². The van der Waals surface area contributed by atoms with Crippen molar-refractivity contribution in [2.24, 2.45) is 4.99 Å². The Morgan fingerprint density at radius 1 is 0.933 bits per heavy atom. The smallest absolute Gasteiger partial charge is 0.277 e. The zero-order chi connectivity index (χ0) is 21.3. The molecule has 4 rings (SSSR count). The van der Waals surface area contributed by atoms with E-state index < -0.39 is 0 Å². The SMILES string of the molecule is Cc1ccc(/C=C2\N=C(c3ccc(F)cc3)c3ccccc3N(C(C)C)C2=O)cc1. The first-order chi connectivity index (χ1) is 14.4. The lowest BCUT2D eigenvalue weighted by Crippen LogP contribution is -2.37. The molecule has 1 heterocycles. The van der Waals surface area contributed by atoms with E-state index in [0.717, 1.165) is 27.9 Å². The van der Waals surface area contributed by atoms with Crippen LogP contribution >= 0.6 is 0 Å². The Balaban J connectivity index is 1.96. The average molecular weight is 398 g/mol. The van der Waals surface area contributed by atoms with Crippen LogP contribution in [0.5, 0.6) is 0 Å². The number of rotatable bonds is 3. The topological polar surface area (TPSA) is 32.7 Å². The third-order valence-corrected chi connectivity index (χ3v) is 5.10. The number of benzene rings is 3. The van der Waals surface area contributed by atoms with Crippen LogP contribution in [0.25, 0.3) is 6.08 Å². The number of amides is 1. The highest BCUT2D eigenvalue weighted by molar-refractivity contribution is 6.23. The van der Waals surface area contributed by atoms with Gasteiger partial charge < -0.3 is 4.90 Å². The number of carbonyl (C=O) groups excluding carboxylic acids is 1. The van der Waals surface area contributed by atoms with Gasteiger partial charge in [0.2, 0.25) is 0 Å². The molecule has 150 valence electrons. The number of hydrogen-bond donors (Lipinski definition) is 0. The van der Waals surface area contributed by atoms with E-state index in [9.17, 15) is 9.18 Å². The molecule has 0 radical (unpaired) electrons. The second-order valence-corrected chi connectivity index (χ2v) is 7.69. The van der Waals surface area contributed by atoms with Gasteiger partial charge in [-0.05, 0) is 62.7 Å². The Morgan fingerprint density at radius 3 is 2.27 bits per heavy atom. The van der Waals surface area contributed by atoms with Crippen molar-refractivity contribution in [2.75, 3.05) is 4.90 Å². The van der Waals surface area contributed by atoms with Gasteiger partial charge in [0.1, 0.15) is 11.5 Å². The number of halogens is 1. The molecule has 1 aliphatic heterocycles. The molecule has 3 nitrogen and oxygen atoms in total. The molecule has 0 bridgehead atoms. The van der Waals surface area contributed by atoms with Crippen molar-refractivity contribution in [3.8, 4) is 0 Å². The summed E-state index contributed by atoms with van der Waals surface area (Å²) in [5.74, 6) is -0.466. The lowest BCUT2D eigenvalue weighted by atomic mass is 10.00. The molecule has 0 aliphatic carbocycles. The Morgan fingerprint density at radius 2 is 1.60 bits per heavy atom. The second kappa shape index (κ2) is 8.07. The van der Waals surface area contributed by atoms with Crippen LogP contribution in [0.1, 0.15) is 36.1 Å². The highest BCUT2D eigenvalue weighted by atomic mass is 19.1. The molecule has 1 amide bonds. The van der Waals surface area contributed by atoms with Crippen LogP contribution in [-0.2, 0) is 4.79 Å². The van der Waals surface area contributed by atoms with Crippen molar-refractivity contribution in [1.82, 2.24) is 0 Å². The maximum Gasteiger partial charge on any atom is 0.277 e. The quantitative estimate of drug-likeness (QED) is 0.516. The number of aryl methyl sites for hydroxylation is 1. The molecule has 0 aromatic heterocycles. The second-order valence-electron chi connectivity index (χ2n) is 7.69. The molecular formula is C26H23FN2O. The van der Waals surface area contributed by atoms with Crippen molar-refractivity contribution >= 4 is 23.4 Å². The largest absolute Gasteiger partial charge is 0.304 e. The number of fused-ring (bicyclic) bond motifs is 1. The number of hydrogen-bond acceptors (Lipinski definition) is 2. The maximum absolute atomic E-state index is 13.5. The fourth-order valence-electron chi connectivity index (χ4n) is 3.60. The molecule has 1 aliphatic rings. The van der Waals surface area contributed by atoms with Crippen molar-refractivity contribution in [3.63, 3.8) is 0 Å². The molecule has 0 fully saturated rings. The minimum Gasteiger partial charge on any atom is -0.304 e. The Hall–Kier alpha value is -3.53. The summed E-state index contributed by atoms with van der Waals surface area (Å²) in [6, 6.07) is 21.9. The number of nitrogens with zero attached hydrogens (tertiary/aromatic N) is 2. The summed E-state index contributed by atoms with van der Waals surface area (Å²) in [6.45, 7) is 6.00. The van der Waals surface area contributed by atoms with Crippen molar-refractivity contribution in [2.45, 2.75) is 26.8 Å². The van der Waals surface area contributed by atoms with Crippen LogP contribution in [0.3, 0.4) is 0 Å². The normalized spacial score (nSPS) is 15.2. The van der Waals surface area contributed by atoms with Gasteiger partial charge in [-0.3, -0.25) is 4.79 Å². The summed E-state index contributed by atoms with van der Waals surface area (Å²) in [5, 5.41) is 0. The predicted octanol–water partition coefficient (Wildman–Crippen LogP) is 5.77. The zero-order valence-corrected chi connectivity index (χ0v) is 17.3. The summed E-state index contributed by atoms with van der Waals surface area (Å²) < 4.78 is 13.5. The first-order valence-electron chi connectivity index (χ1n) is 10.00. The van der Waals surface area contributed by atoms with Gasteiger partial charge in [-0.25, -0.2) is 9.38 Å². The molecule has 3 aromatic carbocycles. The fraction of sp³-hybridized carbons (Fsp3) is 0.154.